The van der Waals surface area contributed by atoms with Gasteiger partial charge in [-0.3, -0.25) is 4.79 Å². The summed E-state index contributed by atoms with van der Waals surface area (Å²) in [6.45, 7) is 1.98. The Morgan fingerprint density at radius 3 is 2.37 bits per heavy atom. The molecule has 0 aliphatic heterocycles. The molecule has 0 bridgehead atoms. The molecule has 0 saturated carbocycles. The topological polar surface area (TPSA) is 66.5 Å². The number of rotatable bonds is 6. The lowest BCUT2D eigenvalue weighted by Crippen LogP contribution is -2.39. The molecule has 0 aromatic heterocycles. The summed E-state index contributed by atoms with van der Waals surface area (Å²) in [7, 11) is -3.51. The first-order chi connectivity index (χ1) is 8.82. The number of carbonyl (C=O) groups excluding carboxylic acids is 1. The van der Waals surface area contributed by atoms with Gasteiger partial charge in [-0.15, -0.1) is 0 Å². The fraction of sp³-hybridized carbons (Fsp3) is 0.417. The van der Waals surface area contributed by atoms with Gasteiger partial charge in [-0.1, -0.05) is 12.1 Å². The normalized spacial score (nSPS) is 11.6. The van der Waals surface area contributed by atoms with Gasteiger partial charge >= 0.3 is 0 Å². The Balaban J connectivity index is 2.81. The number of hydrogen-bond acceptors (Lipinski definition) is 3. The van der Waals surface area contributed by atoms with Crippen LogP contribution in [0.3, 0.4) is 0 Å². The van der Waals surface area contributed by atoms with Crippen molar-refractivity contribution in [2.45, 2.75) is 13.5 Å². The number of benzene rings is 1. The fourth-order valence-corrected chi connectivity index (χ4v) is 2.23. The van der Waals surface area contributed by atoms with Crippen LogP contribution in [0.1, 0.15) is 12.5 Å². The first-order valence-corrected chi connectivity index (χ1v) is 7.64. The number of carbonyl (C=O) groups is 1. The van der Waals surface area contributed by atoms with E-state index >= 15 is 0 Å². The molecule has 0 spiro atoms. The molecule has 0 radical (unpaired) electrons. The third-order valence-electron chi connectivity index (χ3n) is 2.44. The smallest absolute Gasteiger partial charge is 0.235 e. The minimum Gasteiger partial charge on any atom is -0.355 e. The van der Waals surface area contributed by atoms with Crippen LogP contribution < -0.4 is 5.32 Å². The van der Waals surface area contributed by atoms with Crippen molar-refractivity contribution in [3.63, 3.8) is 0 Å². The van der Waals surface area contributed by atoms with Gasteiger partial charge in [0, 0.05) is 13.1 Å². The summed E-state index contributed by atoms with van der Waals surface area (Å²) >= 11 is 0. The van der Waals surface area contributed by atoms with E-state index in [9.17, 15) is 17.6 Å². The number of likely N-dealkylation sites (N-methyl/N-ethyl adjacent to an activating group) is 1. The van der Waals surface area contributed by atoms with Crippen molar-refractivity contribution in [2.24, 2.45) is 0 Å². The van der Waals surface area contributed by atoms with E-state index < -0.39 is 15.8 Å². The predicted molar refractivity (Wildman–Crippen MR) is 70.3 cm³/mol. The van der Waals surface area contributed by atoms with Crippen molar-refractivity contribution in [3.05, 3.63) is 35.6 Å². The third-order valence-corrected chi connectivity index (χ3v) is 3.63. The van der Waals surface area contributed by atoms with Crippen LogP contribution in [-0.4, -0.2) is 38.0 Å². The van der Waals surface area contributed by atoms with Gasteiger partial charge in [0.15, 0.2) is 0 Å². The summed E-state index contributed by atoms with van der Waals surface area (Å²) in [4.78, 5) is 11.5. The molecule has 1 amide bonds. The average Bonchev–Trinajstić information content (AvgIpc) is 2.30. The van der Waals surface area contributed by atoms with E-state index in [0.717, 1.165) is 10.6 Å². The Kier molecular flexibility index (Phi) is 5.44. The summed E-state index contributed by atoms with van der Waals surface area (Å²) in [5, 5.41) is 2.54. The van der Waals surface area contributed by atoms with Crippen molar-refractivity contribution < 1.29 is 17.6 Å². The van der Waals surface area contributed by atoms with Gasteiger partial charge in [0.05, 0.1) is 12.8 Å². The van der Waals surface area contributed by atoms with Crippen molar-refractivity contribution in [1.29, 1.82) is 0 Å². The third kappa shape index (κ3) is 5.35. The second-order valence-electron chi connectivity index (χ2n) is 4.11. The molecule has 106 valence electrons. The van der Waals surface area contributed by atoms with Crippen LogP contribution in [0.5, 0.6) is 0 Å². The molecular formula is C12H17FN2O3S. The van der Waals surface area contributed by atoms with E-state index in [1.54, 1.807) is 6.92 Å². The molecule has 19 heavy (non-hydrogen) atoms. The van der Waals surface area contributed by atoms with Crippen molar-refractivity contribution in [1.82, 2.24) is 9.62 Å². The highest BCUT2D eigenvalue weighted by Crippen LogP contribution is 2.09. The lowest BCUT2D eigenvalue weighted by molar-refractivity contribution is -0.121. The van der Waals surface area contributed by atoms with Crippen LogP contribution in [-0.2, 0) is 21.4 Å². The highest BCUT2D eigenvalue weighted by molar-refractivity contribution is 7.88. The monoisotopic (exact) mass is 288 g/mol. The van der Waals surface area contributed by atoms with Crippen LogP contribution in [0.2, 0.25) is 0 Å². The lowest BCUT2D eigenvalue weighted by Gasteiger charge is -2.19. The van der Waals surface area contributed by atoms with Crippen LogP contribution in [0.15, 0.2) is 24.3 Å². The molecule has 0 saturated heterocycles. The molecule has 0 heterocycles. The SMILES string of the molecule is CCNC(=O)CN(Cc1ccc(F)cc1)S(C)(=O)=O. The van der Waals surface area contributed by atoms with Crippen molar-refractivity contribution >= 4 is 15.9 Å². The molecule has 1 aromatic carbocycles. The number of sulfonamides is 1. The summed E-state index contributed by atoms with van der Waals surface area (Å²) < 4.78 is 37.0. The van der Waals surface area contributed by atoms with Gasteiger partial charge in [0.1, 0.15) is 5.82 Å². The largest absolute Gasteiger partial charge is 0.355 e. The highest BCUT2D eigenvalue weighted by atomic mass is 32.2. The van der Waals surface area contributed by atoms with E-state index in [4.69, 9.17) is 0 Å². The molecule has 7 heteroatoms. The van der Waals surface area contributed by atoms with Crippen LogP contribution in [0.25, 0.3) is 0 Å². The number of nitrogens with zero attached hydrogens (tertiary/aromatic N) is 1. The number of hydrogen-bond donors (Lipinski definition) is 1. The van der Waals surface area contributed by atoms with Gasteiger partial charge in [-0.2, -0.15) is 4.31 Å². The summed E-state index contributed by atoms with van der Waals surface area (Å²) in [6.07, 6.45) is 1.04. The number of nitrogens with one attached hydrogen (secondary N) is 1. The van der Waals surface area contributed by atoms with Crippen LogP contribution in [0.4, 0.5) is 4.39 Å². The molecule has 0 fully saturated rings. The lowest BCUT2D eigenvalue weighted by atomic mass is 10.2. The van der Waals surface area contributed by atoms with Gasteiger partial charge in [0.25, 0.3) is 0 Å². The van der Waals surface area contributed by atoms with Crippen LogP contribution >= 0.6 is 0 Å². The van der Waals surface area contributed by atoms with Crippen molar-refractivity contribution in [3.8, 4) is 0 Å². The Morgan fingerprint density at radius 1 is 1.32 bits per heavy atom. The fourth-order valence-electron chi connectivity index (χ4n) is 1.50. The summed E-state index contributed by atoms with van der Waals surface area (Å²) in [5.41, 5.74) is 0.621. The van der Waals surface area contributed by atoms with E-state index in [-0.39, 0.29) is 19.0 Å². The average molecular weight is 288 g/mol. The Labute approximate surface area is 112 Å². The molecule has 0 atom stereocenters. The molecule has 0 unspecified atom stereocenters. The molecule has 5 nitrogen and oxygen atoms in total. The highest BCUT2D eigenvalue weighted by Gasteiger charge is 2.20. The van der Waals surface area contributed by atoms with Gasteiger partial charge in [0.2, 0.25) is 15.9 Å². The zero-order valence-corrected chi connectivity index (χ0v) is 11.7. The second-order valence-corrected chi connectivity index (χ2v) is 6.09. The van der Waals surface area contributed by atoms with Gasteiger partial charge < -0.3 is 5.32 Å². The Morgan fingerprint density at radius 2 is 1.89 bits per heavy atom. The quantitative estimate of drug-likeness (QED) is 0.839. The zero-order chi connectivity index (χ0) is 14.5. The maximum absolute atomic E-state index is 12.8. The summed E-state index contributed by atoms with van der Waals surface area (Å²) in [5.74, 6) is -0.756. The molecule has 1 N–H and O–H groups in total. The van der Waals surface area contributed by atoms with E-state index in [1.807, 2.05) is 0 Å². The van der Waals surface area contributed by atoms with E-state index in [1.165, 1.54) is 24.3 Å². The molecule has 1 aromatic rings. The molecule has 0 aliphatic rings. The molecule has 1 rings (SSSR count). The standard InChI is InChI=1S/C12H17FN2O3S/c1-3-14-12(16)9-15(19(2,17)18)8-10-4-6-11(13)7-5-10/h4-7H,3,8-9H2,1-2H3,(H,14,16). The van der Waals surface area contributed by atoms with E-state index in [2.05, 4.69) is 5.32 Å². The first-order valence-electron chi connectivity index (χ1n) is 5.79. The number of amides is 1. The van der Waals surface area contributed by atoms with Crippen molar-refractivity contribution in [2.75, 3.05) is 19.3 Å². The van der Waals surface area contributed by atoms with Crippen LogP contribution in [0, 0.1) is 5.82 Å². The maximum atomic E-state index is 12.8. The molecular weight excluding hydrogens is 271 g/mol. The van der Waals surface area contributed by atoms with Gasteiger partial charge in [-0.25, -0.2) is 12.8 Å². The van der Waals surface area contributed by atoms with E-state index in [0.29, 0.717) is 12.1 Å². The zero-order valence-electron chi connectivity index (χ0n) is 10.9. The first kappa shape index (κ1) is 15.6. The minimum atomic E-state index is -3.51. The second kappa shape index (κ2) is 6.63. The van der Waals surface area contributed by atoms with Gasteiger partial charge in [-0.05, 0) is 24.6 Å². The molecule has 0 aliphatic carbocycles. The Hall–Kier alpha value is -1.47. The summed E-state index contributed by atoms with van der Waals surface area (Å²) in [6, 6.07) is 5.49. The minimum absolute atomic E-state index is 0.0379. The number of halogens is 1. The Bertz CT molecular complexity index is 528. The predicted octanol–water partition coefficient (Wildman–Crippen LogP) is 0.723. The maximum Gasteiger partial charge on any atom is 0.235 e.